The molecule has 3 aromatic rings. The van der Waals surface area contributed by atoms with E-state index in [1.165, 1.54) is 23.4 Å². The summed E-state index contributed by atoms with van der Waals surface area (Å²) in [6.07, 6.45) is 0.930. The lowest BCUT2D eigenvalue weighted by Gasteiger charge is -2.08. The van der Waals surface area contributed by atoms with Crippen molar-refractivity contribution in [3.8, 4) is 11.5 Å². The first-order valence-corrected chi connectivity index (χ1v) is 8.84. The summed E-state index contributed by atoms with van der Waals surface area (Å²) < 4.78 is 19.3. The highest BCUT2D eigenvalue weighted by molar-refractivity contribution is 8.00. The molecule has 128 valence electrons. The Morgan fingerprint density at radius 3 is 2.56 bits per heavy atom. The Balaban J connectivity index is 1.71. The third-order valence-corrected chi connectivity index (χ3v) is 4.74. The van der Waals surface area contributed by atoms with Crippen LogP contribution in [-0.2, 0) is 6.42 Å². The fourth-order valence-electron chi connectivity index (χ4n) is 2.35. The van der Waals surface area contributed by atoms with Crippen molar-refractivity contribution in [2.24, 2.45) is 0 Å². The normalized spacial score (nSPS) is 12.1. The summed E-state index contributed by atoms with van der Waals surface area (Å²) in [7, 11) is 0. The molecular formula is C19H17FN2O2S. The second-order valence-corrected chi connectivity index (χ2v) is 6.82. The number of hydrogen-bond donors (Lipinski definition) is 0. The Morgan fingerprint density at radius 1 is 1.16 bits per heavy atom. The third-order valence-electron chi connectivity index (χ3n) is 3.80. The standard InChI is InChI=1S/C19H17FN2O2S/c1-3-13-8-10-14(11-9-13)17(23)12(2)25-19-22-21-18(24-19)15-6-4-5-7-16(15)20/h4-12H,3H2,1-2H3/t12-/m1/s1. The molecule has 2 aromatic carbocycles. The van der Waals surface area contributed by atoms with E-state index in [9.17, 15) is 9.18 Å². The number of halogens is 1. The monoisotopic (exact) mass is 356 g/mol. The third kappa shape index (κ3) is 3.96. The van der Waals surface area contributed by atoms with Crippen LogP contribution in [0, 0.1) is 5.82 Å². The molecule has 0 aliphatic rings. The average Bonchev–Trinajstić information content (AvgIpc) is 3.09. The molecule has 0 radical (unpaired) electrons. The van der Waals surface area contributed by atoms with Gasteiger partial charge >= 0.3 is 0 Å². The highest BCUT2D eigenvalue weighted by atomic mass is 32.2. The first-order chi connectivity index (χ1) is 12.1. The number of nitrogens with zero attached hydrogens (tertiary/aromatic N) is 2. The summed E-state index contributed by atoms with van der Waals surface area (Å²) in [6.45, 7) is 3.85. The van der Waals surface area contributed by atoms with Crippen LogP contribution in [0.15, 0.2) is 58.2 Å². The molecule has 3 rings (SSSR count). The second kappa shape index (κ2) is 7.61. The Hall–Kier alpha value is -2.47. The maximum Gasteiger partial charge on any atom is 0.277 e. The van der Waals surface area contributed by atoms with Crippen molar-refractivity contribution in [1.82, 2.24) is 10.2 Å². The van der Waals surface area contributed by atoms with Crippen LogP contribution in [0.25, 0.3) is 11.5 Å². The van der Waals surface area contributed by atoms with E-state index in [0.29, 0.717) is 5.56 Å². The van der Waals surface area contributed by atoms with Gasteiger partial charge in [0.15, 0.2) is 5.78 Å². The molecule has 0 unspecified atom stereocenters. The van der Waals surface area contributed by atoms with E-state index in [1.54, 1.807) is 25.1 Å². The van der Waals surface area contributed by atoms with Crippen LogP contribution in [0.5, 0.6) is 0 Å². The first-order valence-electron chi connectivity index (χ1n) is 7.96. The lowest BCUT2D eigenvalue weighted by Crippen LogP contribution is -2.13. The van der Waals surface area contributed by atoms with E-state index < -0.39 is 5.82 Å². The van der Waals surface area contributed by atoms with Gasteiger partial charge in [0.05, 0.1) is 10.8 Å². The zero-order chi connectivity index (χ0) is 17.8. The summed E-state index contributed by atoms with van der Waals surface area (Å²) >= 11 is 1.17. The van der Waals surface area contributed by atoms with Crippen molar-refractivity contribution >= 4 is 17.5 Å². The van der Waals surface area contributed by atoms with Crippen LogP contribution in [0.1, 0.15) is 29.8 Å². The van der Waals surface area contributed by atoms with Crippen LogP contribution < -0.4 is 0 Å². The number of ketones is 1. The van der Waals surface area contributed by atoms with E-state index >= 15 is 0 Å². The van der Waals surface area contributed by atoms with E-state index in [-0.39, 0.29) is 27.7 Å². The van der Waals surface area contributed by atoms with Gasteiger partial charge in [-0.15, -0.1) is 10.2 Å². The number of hydrogen-bond acceptors (Lipinski definition) is 5. The topological polar surface area (TPSA) is 56.0 Å². The summed E-state index contributed by atoms with van der Waals surface area (Å²) in [4.78, 5) is 12.5. The van der Waals surface area contributed by atoms with Gasteiger partial charge in [0, 0.05) is 5.56 Å². The average molecular weight is 356 g/mol. The Labute approximate surface area is 149 Å². The number of thioether (sulfide) groups is 1. The Kier molecular flexibility index (Phi) is 5.28. The van der Waals surface area contributed by atoms with Crippen molar-refractivity contribution in [2.45, 2.75) is 30.7 Å². The summed E-state index contributed by atoms with van der Waals surface area (Å²) in [5, 5.41) is 7.62. The molecule has 1 atom stereocenters. The van der Waals surface area contributed by atoms with E-state index in [2.05, 4.69) is 17.1 Å². The molecule has 25 heavy (non-hydrogen) atoms. The lowest BCUT2D eigenvalue weighted by molar-refractivity contribution is 0.0993. The van der Waals surface area contributed by atoms with Crippen molar-refractivity contribution in [3.63, 3.8) is 0 Å². The van der Waals surface area contributed by atoms with Crippen LogP contribution in [0.4, 0.5) is 4.39 Å². The van der Waals surface area contributed by atoms with Gasteiger partial charge in [-0.05, 0) is 31.0 Å². The van der Waals surface area contributed by atoms with Crippen LogP contribution in [-0.4, -0.2) is 21.2 Å². The zero-order valence-corrected chi connectivity index (χ0v) is 14.7. The van der Waals surface area contributed by atoms with Crippen LogP contribution >= 0.6 is 11.8 Å². The van der Waals surface area contributed by atoms with Crippen LogP contribution in [0.2, 0.25) is 0 Å². The van der Waals surface area contributed by atoms with Gasteiger partial charge in [0.2, 0.25) is 0 Å². The molecule has 6 heteroatoms. The maximum atomic E-state index is 13.8. The molecule has 0 bridgehead atoms. The fraction of sp³-hybridized carbons (Fsp3) is 0.211. The number of carbonyl (C=O) groups excluding carboxylic acids is 1. The number of rotatable bonds is 6. The number of Topliss-reactive ketones (excluding diaryl/α,β-unsaturated/α-hetero) is 1. The highest BCUT2D eigenvalue weighted by Gasteiger charge is 2.20. The molecule has 0 N–H and O–H groups in total. The molecule has 4 nitrogen and oxygen atoms in total. The van der Waals surface area contributed by atoms with Crippen molar-refractivity contribution in [3.05, 3.63) is 65.5 Å². The molecule has 0 saturated heterocycles. The highest BCUT2D eigenvalue weighted by Crippen LogP contribution is 2.28. The fourth-order valence-corrected chi connectivity index (χ4v) is 3.11. The molecule has 1 aromatic heterocycles. The SMILES string of the molecule is CCc1ccc(C(=O)[C@@H](C)Sc2nnc(-c3ccccc3F)o2)cc1. The van der Waals surface area contributed by atoms with Gasteiger partial charge in [0.1, 0.15) is 5.82 Å². The Bertz CT molecular complexity index is 877. The largest absolute Gasteiger partial charge is 0.411 e. The summed E-state index contributed by atoms with van der Waals surface area (Å²) in [5.74, 6) is -0.339. The molecule has 1 heterocycles. The molecule has 0 fully saturated rings. The van der Waals surface area contributed by atoms with Gasteiger partial charge in [-0.25, -0.2) is 4.39 Å². The van der Waals surface area contributed by atoms with E-state index in [0.717, 1.165) is 6.42 Å². The summed E-state index contributed by atoms with van der Waals surface area (Å²) in [5.41, 5.74) is 2.07. The van der Waals surface area contributed by atoms with Crippen molar-refractivity contribution < 1.29 is 13.6 Å². The van der Waals surface area contributed by atoms with Gasteiger partial charge in [-0.3, -0.25) is 4.79 Å². The maximum absolute atomic E-state index is 13.8. The molecule has 0 aliphatic carbocycles. The first kappa shape index (κ1) is 17.4. The van der Waals surface area contributed by atoms with Gasteiger partial charge < -0.3 is 4.42 Å². The molecule has 0 amide bonds. The quantitative estimate of drug-likeness (QED) is 0.469. The molecular weight excluding hydrogens is 339 g/mol. The molecule has 0 aliphatic heterocycles. The van der Waals surface area contributed by atoms with Gasteiger partial charge in [-0.2, -0.15) is 0 Å². The lowest BCUT2D eigenvalue weighted by atomic mass is 10.1. The minimum atomic E-state index is -0.428. The number of aryl methyl sites for hydroxylation is 1. The number of aromatic nitrogens is 2. The van der Waals surface area contributed by atoms with Crippen molar-refractivity contribution in [1.29, 1.82) is 0 Å². The predicted octanol–water partition coefficient (Wildman–Crippen LogP) is 4.80. The minimum absolute atomic E-state index is 0.0155. The van der Waals surface area contributed by atoms with Crippen molar-refractivity contribution in [2.75, 3.05) is 0 Å². The number of carbonyl (C=O) groups is 1. The Morgan fingerprint density at radius 2 is 1.88 bits per heavy atom. The summed E-state index contributed by atoms with van der Waals surface area (Å²) in [6, 6.07) is 13.8. The zero-order valence-electron chi connectivity index (χ0n) is 13.9. The molecule has 0 spiro atoms. The minimum Gasteiger partial charge on any atom is -0.411 e. The van der Waals surface area contributed by atoms with Gasteiger partial charge in [-0.1, -0.05) is 55.1 Å². The van der Waals surface area contributed by atoms with E-state index in [1.807, 2.05) is 24.3 Å². The van der Waals surface area contributed by atoms with E-state index in [4.69, 9.17) is 4.42 Å². The molecule has 0 saturated carbocycles. The number of benzene rings is 2. The smallest absolute Gasteiger partial charge is 0.277 e. The van der Waals surface area contributed by atoms with Crippen LogP contribution in [0.3, 0.4) is 0 Å². The second-order valence-electron chi connectivity index (χ2n) is 5.53. The van der Waals surface area contributed by atoms with Gasteiger partial charge in [0.25, 0.3) is 11.1 Å². The predicted molar refractivity (Wildman–Crippen MR) is 95.2 cm³/mol.